The van der Waals surface area contributed by atoms with Crippen LogP contribution < -0.4 is 14.2 Å². The molecule has 0 N–H and O–H groups in total. The summed E-state index contributed by atoms with van der Waals surface area (Å²) in [6, 6.07) is 15.1. The molecule has 0 amide bonds. The molecule has 0 spiro atoms. The molecule has 2 aromatic carbocycles. The Kier molecular flexibility index (Phi) is 17.1. The molecule has 258 valence electrons. The first-order valence-corrected chi connectivity index (χ1v) is 19.6. The predicted molar refractivity (Wildman–Crippen MR) is 201 cm³/mol. The van der Waals surface area contributed by atoms with Crippen molar-refractivity contribution in [1.82, 2.24) is 0 Å². The SMILES string of the molecule is CCCCCCCCCCc1cccc2oc(C=CC=C3Oc4ccccc4N3CCCCCCCC)[n+](CCCCCCCC)c12. The van der Waals surface area contributed by atoms with E-state index in [4.69, 9.17) is 9.15 Å². The smallest absolute Gasteiger partial charge is 0.374 e. The summed E-state index contributed by atoms with van der Waals surface area (Å²) in [6.07, 6.45) is 33.8. The van der Waals surface area contributed by atoms with Gasteiger partial charge in [-0.25, -0.2) is 0 Å². The zero-order chi connectivity index (χ0) is 32.9. The number of unbranched alkanes of at least 4 members (excludes halogenated alkanes) is 17. The predicted octanol–water partition coefficient (Wildman–Crippen LogP) is 12.9. The van der Waals surface area contributed by atoms with Crippen LogP contribution in [-0.4, -0.2) is 6.54 Å². The van der Waals surface area contributed by atoms with E-state index in [1.807, 2.05) is 0 Å². The molecule has 0 bridgehead atoms. The molecular formula is C43H65N2O2+. The van der Waals surface area contributed by atoms with Gasteiger partial charge >= 0.3 is 5.89 Å². The maximum Gasteiger partial charge on any atom is 0.374 e. The third-order valence-corrected chi connectivity index (χ3v) is 9.72. The van der Waals surface area contributed by atoms with Crippen LogP contribution in [0.4, 0.5) is 5.69 Å². The third kappa shape index (κ3) is 11.9. The van der Waals surface area contributed by atoms with Crippen LogP contribution in [-0.2, 0) is 13.0 Å². The van der Waals surface area contributed by atoms with Crippen LogP contribution >= 0.6 is 0 Å². The number of oxazole rings is 1. The summed E-state index contributed by atoms with van der Waals surface area (Å²) < 4.78 is 15.4. The molecule has 0 radical (unpaired) electrons. The number of nitrogens with zero attached hydrogens (tertiary/aromatic N) is 2. The van der Waals surface area contributed by atoms with Gasteiger partial charge in [0.05, 0.1) is 11.8 Å². The van der Waals surface area contributed by atoms with E-state index in [9.17, 15) is 0 Å². The van der Waals surface area contributed by atoms with E-state index >= 15 is 0 Å². The van der Waals surface area contributed by atoms with Crippen molar-refractivity contribution < 1.29 is 13.7 Å². The van der Waals surface area contributed by atoms with Gasteiger partial charge in [0.2, 0.25) is 11.5 Å². The number of ether oxygens (including phenoxy) is 1. The number of benzene rings is 2. The van der Waals surface area contributed by atoms with Crippen LogP contribution in [0, 0.1) is 0 Å². The molecule has 0 fully saturated rings. The Morgan fingerprint density at radius 2 is 1.26 bits per heavy atom. The third-order valence-electron chi connectivity index (χ3n) is 9.72. The van der Waals surface area contributed by atoms with Gasteiger partial charge in [0.15, 0.2) is 12.3 Å². The molecule has 4 nitrogen and oxygen atoms in total. The van der Waals surface area contributed by atoms with E-state index in [1.165, 1.54) is 145 Å². The van der Waals surface area contributed by atoms with Gasteiger partial charge in [-0.3, -0.25) is 0 Å². The normalized spacial score (nSPS) is 13.8. The van der Waals surface area contributed by atoms with Crippen molar-refractivity contribution >= 4 is 22.9 Å². The number of hydrogen-bond donors (Lipinski definition) is 0. The van der Waals surface area contributed by atoms with E-state index < -0.39 is 0 Å². The van der Waals surface area contributed by atoms with E-state index in [2.05, 4.69) is 90.9 Å². The summed E-state index contributed by atoms with van der Waals surface area (Å²) in [6.45, 7) is 8.84. The number of aryl methyl sites for hydroxylation is 2. The van der Waals surface area contributed by atoms with Crippen LogP contribution in [0.1, 0.15) is 161 Å². The molecule has 0 unspecified atom stereocenters. The molecule has 0 aliphatic carbocycles. The maximum atomic E-state index is 6.58. The van der Waals surface area contributed by atoms with Gasteiger partial charge in [0, 0.05) is 18.5 Å². The van der Waals surface area contributed by atoms with Crippen LogP contribution in [0.2, 0.25) is 0 Å². The fourth-order valence-corrected chi connectivity index (χ4v) is 6.95. The quantitative estimate of drug-likeness (QED) is 0.0681. The highest BCUT2D eigenvalue weighted by Gasteiger charge is 2.26. The lowest BCUT2D eigenvalue weighted by atomic mass is 10.0. The van der Waals surface area contributed by atoms with Gasteiger partial charge in [-0.2, -0.15) is 4.57 Å². The Morgan fingerprint density at radius 3 is 1.96 bits per heavy atom. The molecule has 0 saturated carbocycles. The largest absolute Gasteiger partial charge is 0.439 e. The Hall–Kier alpha value is -3.01. The second-order valence-corrected chi connectivity index (χ2v) is 13.7. The van der Waals surface area contributed by atoms with Crippen molar-refractivity contribution in [2.75, 3.05) is 11.4 Å². The second-order valence-electron chi connectivity index (χ2n) is 13.7. The van der Waals surface area contributed by atoms with Crippen molar-refractivity contribution in [3.05, 3.63) is 72.0 Å². The number of para-hydroxylation sites is 3. The molecule has 4 heteroatoms. The number of fused-ring (bicyclic) bond motifs is 2. The fraction of sp³-hybridized carbons (Fsp3) is 0.605. The molecule has 47 heavy (non-hydrogen) atoms. The summed E-state index contributed by atoms with van der Waals surface area (Å²) in [5.74, 6) is 2.79. The highest BCUT2D eigenvalue weighted by atomic mass is 16.5. The lowest BCUT2D eigenvalue weighted by Crippen LogP contribution is -2.36. The van der Waals surface area contributed by atoms with E-state index in [0.29, 0.717) is 0 Å². The van der Waals surface area contributed by atoms with Gasteiger partial charge in [-0.1, -0.05) is 148 Å². The van der Waals surface area contributed by atoms with E-state index in [0.717, 1.165) is 42.6 Å². The monoisotopic (exact) mass is 642 g/mol. The van der Waals surface area contributed by atoms with E-state index in [-0.39, 0.29) is 0 Å². The Morgan fingerprint density at radius 1 is 0.638 bits per heavy atom. The standard InChI is InChI=1S/C43H65N2O2/c1-4-7-10-13-16-17-18-21-28-37-29-26-32-40-43(37)45(36-25-20-15-12-9-6-3)42(47-40)34-27-33-41-44(35-24-19-14-11-8-5-2)38-30-22-23-31-39(38)46-41/h22-23,26-27,29-34H,4-21,24-25,28,35-36H2,1-3H3/q+1. The van der Waals surface area contributed by atoms with Crippen molar-refractivity contribution in [3.63, 3.8) is 0 Å². The van der Waals surface area contributed by atoms with Crippen molar-refractivity contribution in [1.29, 1.82) is 0 Å². The molecule has 4 rings (SSSR count). The summed E-state index contributed by atoms with van der Waals surface area (Å²) in [7, 11) is 0. The topological polar surface area (TPSA) is 29.5 Å². The zero-order valence-electron chi connectivity index (χ0n) is 30.2. The van der Waals surface area contributed by atoms with Crippen molar-refractivity contribution in [3.8, 4) is 5.75 Å². The van der Waals surface area contributed by atoms with Crippen LogP contribution in [0.15, 0.2) is 64.9 Å². The second kappa shape index (κ2) is 21.8. The number of rotatable bonds is 25. The Balaban J connectivity index is 1.47. The summed E-state index contributed by atoms with van der Waals surface area (Å²) >= 11 is 0. The molecule has 1 aliphatic heterocycles. The number of aromatic nitrogens is 1. The first kappa shape index (κ1) is 36.8. The first-order valence-electron chi connectivity index (χ1n) is 19.6. The maximum absolute atomic E-state index is 6.58. The fourth-order valence-electron chi connectivity index (χ4n) is 6.95. The van der Waals surface area contributed by atoms with Gasteiger partial charge in [-0.15, -0.1) is 0 Å². The average Bonchev–Trinajstić information content (AvgIpc) is 3.63. The highest BCUT2D eigenvalue weighted by Crippen LogP contribution is 2.39. The number of anilines is 1. The van der Waals surface area contributed by atoms with Crippen molar-refractivity contribution in [2.45, 2.75) is 162 Å². The molecule has 0 atom stereocenters. The van der Waals surface area contributed by atoms with Crippen LogP contribution in [0.5, 0.6) is 5.75 Å². The molecule has 1 aromatic heterocycles. The average molecular weight is 642 g/mol. The van der Waals surface area contributed by atoms with Gasteiger partial charge < -0.3 is 14.1 Å². The molecule has 1 aliphatic rings. The lowest BCUT2D eigenvalue weighted by Gasteiger charge is -2.18. The van der Waals surface area contributed by atoms with Crippen molar-refractivity contribution in [2.24, 2.45) is 0 Å². The Bertz CT molecular complexity index is 1350. The lowest BCUT2D eigenvalue weighted by molar-refractivity contribution is -0.678. The molecular weight excluding hydrogens is 576 g/mol. The molecule has 3 aromatic rings. The minimum absolute atomic E-state index is 0.907. The summed E-state index contributed by atoms with van der Waals surface area (Å²) in [5, 5.41) is 0. The zero-order valence-corrected chi connectivity index (χ0v) is 30.2. The van der Waals surface area contributed by atoms with Crippen LogP contribution in [0.25, 0.3) is 17.2 Å². The summed E-state index contributed by atoms with van der Waals surface area (Å²) in [4.78, 5) is 2.35. The van der Waals surface area contributed by atoms with Gasteiger partial charge in [0.1, 0.15) is 0 Å². The Labute approximate surface area is 287 Å². The summed E-state index contributed by atoms with van der Waals surface area (Å²) in [5.41, 5.74) is 4.91. The number of allylic oxidation sites excluding steroid dienone is 2. The first-order chi connectivity index (χ1) is 23.3. The van der Waals surface area contributed by atoms with Crippen LogP contribution in [0.3, 0.4) is 0 Å². The van der Waals surface area contributed by atoms with Gasteiger partial charge in [0.25, 0.3) is 5.52 Å². The number of hydrogen-bond acceptors (Lipinski definition) is 3. The molecule has 2 heterocycles. The van der Waals surface area contributed by atoms with Gasteiger partial charge in [-0.05, 0) is 56.0 Å². The highest BCUT2D eigenvalue weighted by molar-refractivity contribution is 5.74. The van der Waals surface area contributed by atoms with E-state index in [1.54, 1.807) is 0 Å². The molecule has 0 saturated heterocycles. The minimum atomic E-state index is 0.907. The minimum Gasteiger partial charge on any atom is -0.439 e.